The van der Waals surface area contributed by atoms with Gasteiger partial charge in [0.15, 0.2) is 0 Å². The molecule has 0 unspecified atom stereocenters. The maximum Gasteiger partial charge on any atom is 0.318 e. The normalized spacial score (nSPS) is 23.0. The highest BCUT2D eigenvalue weighted by atomic mass is 16.4. The summed E-state index contributed by atoms with van der Waals surface area (Å²) in [5.41, 5.74) is -2.04. The number of carboxylic acids is 1. The molecule has 2 rings (SSSR count). The van der Waals surface area contributed by atoms with E-state index in [0.29, 0.717) is 12.8 Å². The number of aliphatic carboxylic acids is 1. The van der Waals surface area contributed by atoms with Crippen LogP contribution in [0.3, 0.4) is 0 Å². The molecule has 0 radical (unpaired) electrons. The van der Waals surface area contributed by atoms with Crippen LogP contribution in [0.25, 0.3) is 0 Å². The molecule has 0 atom stereocenters. The molecule has 0 aromatic rings. The van der Waals surface area contributed by atoms with Gasteiger partial charge < -0.3 is 15.3 Å². The molecule has 1 saturated heterocycles. The lowest BCUT2D eigenvalue weighted by atomic mass is 9.99. The number of urea groups is 1. The van der Waals surface area contributed by atoms with Gasteiger partial charge in [0, 0.05) is 6.54 Å². The topological polar surface area (TPSA) is 116 Å². The molecule has 2 aliphatic rings. The number of carbonyl (C=O) groups excluding carboxylic acids is 3. The van der Waals surface area contributed by atoms with Crippen LogP contribution in [0, 0.1) is 5.41 Å². The number of carboxylic acid groups (broad SMARTS) is 1. The maximum absolute atomic E-state index is 12.1. The van der Waals surface area contributed by atoms with E-state index in [1.165, 1.54) is 13.8 Å². The fourth-order valence-electron chi connectivity index (χ4n) is 2.07. The first kappa shape index (κ1) is 14.3. The van der Waals surface area contributed by atoms with Crippen LogP contribution in [0.4, 0.5) is 4.79 Å². The van der Waals surface area contributed by atoms with E-state index in [1.54, 1.807) is 0 Å². The molecule has 110 valence electrons. The Morgan fingerprint density at radius 3 is 2.45 bits per heavy atom. The Morgan fingerprint density at radius 2 is 1.95 bits per heavy atom. The first-order chi connectivity index (χ1) is 9.19. The zero-order chi connectivity index (χ0) is 15.1. The van der Waals surface area contributed by atoms with Crippen LogP contribution in [-0.4, -0.2) is 52.4 Å². The van der Waals surface area contributed by atoms with Gasteiger partial charge in [0.25, 0.3) is 5.91 Å². The number of rotatable bonds is 3. The van der Waals surface area contributed by atoms with E-state index in [0.717, 1.165) is 4.90 Å². The van der Waals surface area contributed by atoms with Gasteiger partial charge in [-0.25, -0.2) is 4.79 Å². The summed E-state index contributed by atoms with van der Waals surface area (Å²) >= 11 is 0. The van der Waals surface area contributed by atoms with E-state index in [-0.39, 0.29) is 13.1 Å². The van der Waals surface area contributed by atoms with Crippen molar-refractivity contribution in [1.82, 2.24) is 15.5 Å². The summed E-state index contributed by atoms with van der Waals surface area (Å²) in [5.74, 6) is -2.04. The molecule has 1 saturated carbocycles. The van der Waals surface area contributed by atoms with Gasteiger partial charge in [-0.1, -0.05) is 0 Å². The van der Waals surface area contributed by atoms with Crippen LogP contribution in [-0.2, 0) is 14.4 Å². The van der Waals surface area contributed by atoms with Gasteiger partial charge >= 0.3 is 12.0 Å². The molecule has 1 aliphatic heterocycles. The van der Waals surface area contributed by atoms with Gasteiger partial charge in [0.05, 0.1) is 5.41 Å². The third-order valence-corrected chi connectivity index (χ3v) is 3.92. The second-order valence-electron chi connectivity index (χ2n) is 5.77. The Kier molecular flexibility index (Phi) is 3.19. The number of hydrogen-bond acceptors (Lipinski definition) is 4. The number of nitrogens with one attached hydrogen (secondary N) is 2. The van der Waals surface area contributed by atoms with Crippen molar-refractivity contribution in [2.24, 2.45) is 5.41 Å². The largest absolute Gasteiger partial charge is 0.481 e. The molecule has 0 bridgehead atoms. The zero-order valence-corrected chi connectivity index (χ0v) is 11.4. The third-order valence-electron chi connectivity index (χ3n) is 3.92. The number of nitrogens with zero attached hydrogens (tertiary/aromatic N) is 1. The van der Waals surface area contributed by atoms with E-state index in [1.807, 2.05) is 0 Å². The lowest BCUT2D eigenvalue weighted by Gasteiger charge is -2.40. The van der Waals surface area contributed by atoms with E-state index >= 15 is 0 Å². The van der Waals surface area contributed by atoms with Crippen molar-refractivity contribution >= 4 is 23.8 Å². The maximum atomic E-state index is 12.1. The summed E-state index contributed by atoms with van der Waals surface area (Å²) in [6, 6.07) is -0.606. The van der Waals surface area contributed by atoms with Crippen molar-refractivity contribution in [2.45, 2.75) is 32.2 Å². The Bertz CT molecular complexity index is 495. The number of amides is 4. The number of piperazine rings is 1. The molecule has 2 fully saturated rings. The molecule has 0 aromatic heterocycles. The van der Waals surface area contributed by atoms with Gasteiger partial charge in [-0.05, 0) is 26.7 Å². The standard InChI is InChI=1S/C12H17N3O5/c1-11(2)8(17)14-7(16)5-15(11)10(20)13-6-12(3-4-12)9(18)19/h3-6H2,1-2H3,(H,13,20)(H,18,19)(H,14,16,17). The van der Waals surface area contributed by atoms with Crippen molar-refractivity contribution in [2.75, 3.05) is 13.1 Å². The van der Waals surface area contributed by atoms with Crippen LogP contribution in [0.5, 0.6) is 0 Å². The van der Waals surface area contributed by atoms with Crippen LogP contribution >= 0.6 is 0 Å². The van der Waals surface area contributed by atoms with Crippen LogP contribution in [0.2, 0.25) is 0 Å². The van der Waals surface area contributed by atoms with E-state index in [9.17, 15) is 19.2 Å². The highest BCUT2D eigenvalue weighted by Crippen LogP contribution is 2.45. The highest BCUT2D eigenvalue weighted by Gasteiger charge is 2.51. The third kappa shape index (κ3) is 2.33. The van der Waals surface area contributed by atoms with Gasteiger partial charge in [-0.15, -0.1) is 0 Å². The molecule has 0 aromatic carbocycles. The second kappa shape index (κ2) is 4.46. The summed E-state index contributed by atoms with van der Waals surface area (Å²) < 4.78 is 0. The minimum atomic E-state index is -1.15. The number of carbonyl (C=O) groups is 4. The molecule has 20 heavy (non-hydrogen) atoms. The minimum absolute atomic E-state index is 0.00353. The summed E-state index contributed by atoms with van der Waals surface area (Å²) in [6.07, 6.45) is 1.04. The van der Waals surface area contributed by atoms with Gasteiger partial charge in [-0.3, -0.25) is 19.7 Å². The van der Waals surface area contributed by atoms with Crippen LogP contribution < -0.4 is 10.6 Å². The molecule has 1 heterocycles. The monoisotopic (exact) mass is 283 g/mol. The van der Waals surface area contributed by atoms with Crippen LogP contribution in [0.1, 0.15) is 26.7 Å². The molecular weight excluding hydrogens is 266 g/mol. The molecule has 8 heteroatoms. The SMILES string of the molecule is CC1(C)C(=O)NC(=O)CN1C(=O)NCC1(C(=O)O)CC1. The smallest absolute Gasteiger partial charge is 0.318 e. The lowest BCUT2D eigenvalue weighted by Crippen LogP contribution is -2.67. The molecule has 3 N–H and O–H groups in total. The van der Waals surface area contributed by atoms with Gasteiger partial charge in [-0.2, -0.15) is 0 Å². The first-order valence-electron chi connectivity index (χ1n) is 6.32. The molecule has 4 amide bonds. The zero-order valence-electron chi connectivity index (χ0n) is 11.4. The first-order valence-corrected chi connectivity index (χ1v) is 6.32. The Balaban J connectivity index is 2.02. The fraction of sp³-hybridized carbons (Fsp3) is 0.667. The lowest BCUT2D eigenvalue weighted by molar-refractivity contribution is -0.144. The van der Waals surface area contributed by atoms with Gasteiger partial charge in [0.1, 0.15) is 12.1 Å². The Hall–Kier alpha value is -2.12. The van der Waals surface area contributed by atoms with Crippen molar-refractivity contribution in [3.05, 3.63) is 0 Å². The van der Waals surface area contributed by atoms with Crippen LogP contribution in [0.15, 0.2) is 0 Å². The number of hydrogen-bond donors (Lipinski definition) is 3. The van der Waals surface area contributed by atoms with Crippen molar-refractivity contribution in [3.8, 4) is 0 Å². The van der Waals surface area contributed by atoms with E-state index < -0.39 is 34.8 Å². The van der Waals surface area contributed by atoms with Crippen molar-refractivity contribution in [1.29, 1.82) is 0 Å². The average Bonchev–Trinajstić information content (AvgIpc) is 3.12. The highest BCUT2D eigenvalue weighted by molar-refractivity contribution is 6.06. The summed E-state index contributed by atoms with van der Waals surface area (Å²) in [7, 11) is 0. The second-order valence-corrected chi connectivity index (χ2v) is 5.77. The predicted octanol–water partition coefficient (Wildman–Crippen LogP) is -0.702. The van der Waals surface area contributed by atoms with E-state index in [2.05, 4.69) is 10.6 Å². The molecule has 1 aliphatic carbocycles. The average molecular weight is 283 g/mol. The fourth-order valence-corrected chi connectivity index (χ4v) is 2.07. The molecule has 8 nitrogen and oxygen atoms in total. The molecule has 0 spiro atoms. The summed E-state index contributed by atoms with van der Waals surface area (Å²) in [5, 5.41) is 13.7. The van der Waals surface area contributed by atoms with Crippen molar-refractivity contribution < 1.29 is 24.3 Å². The quantitative estimate of drug-likeness (QED) is 0.592. The minimum Gasteiger partial charge on any atom is -0.481 e. The predicted molar refractivity (Wildman–Crippen MR) is 66.6 cm³/mol. The van der Waals surface area contributed by atoms with Gasteiger partial charge in [0.2, 0.25) is 5.91 Å². The van der Waals surface area contributed by atoms with E-state index in [4.69, 9.17) is 5.11 Å². The summed E-state index contributed by atoms with van der Waals surface area (Å²) in [4.78, 5) is 47.3. The van der Waals surface area contributed by atoms with Crippen molar-refractivity contribution in [3.63, 3.8) is 0 Å². The molecular formula is C12H17N3O5. The number of imide groups is 1. The summed E-state index contributed by atoms with van der Waals surface area (Å²) in [6.45, 7) is 2.82. The Labute approximate surface area is 115 Å². The Morgan fingerprint density at radius 1 is 1.35 bits per heavy atom.